The number of rotatable bonds is 5. The van der Waals surface area contributed by atoms with E-state index in [2.05, 4.69) is 34.1 Å². The first kappa shape index (κ1) is 15.2. The fourth-order valence-electron chi connectivity index (χ4n) is 2.56. The number of amides is 1. The van der Waals surface area contributed by atoms with Crippen LogP contribution in [0.2, 0.25) is 0 Å². The van der Waals surface area contributed by atoms with E-state index in [1.165, 1.54) is 0 Å². The Hall–Kier alpha value is -2.69. The molecule has 0 spiro atoms. The molecule has 2 heterocycles. The minimum atomic E-state index is -0.167. The number of hydrogen-bond donors (Lipinski definition) is 2. The second-order valence-electron chi connectivity index (χ2n) is 5.72. The highest BCUT2D eigenvalue weighted by Crippen LogP contribution is 2.25. The predicted octanol–water partition coefficient (Wildman–Crippen LogP) is 3.48. The SMILES string of the molecule is CCC(C)C(NC(=O)c1cccnc1)c1nc2ccccc2[nH]1. The van der Waals surface area contributed by atoms with E-state index >= 15 is 0 Å². The third kappa shape index (κ3) is 3.23. The molecule has 1 aromatic carbocycles. The number of imidazole rings is 1. The molecule has 118 valence electrons. The fraction of sp³-hybridized carbons (Fsp3) is 0.278. The molecule has 0 aliphatic rings. The first-order valence-corrected chi connectivity index (χ1v) is 7.84. The van der Waals surface area contributed by atoms with Gasteiger partial charge in [-0.3, -0.25) is 9.78 Å². The first-order chi connectivity index (χ1) is 11.2. The average Bonchev–Trinajstić information content (AvgIpc) is 3.03. The fourth-order valence-corrected chi connectivity index (χ4v) is 2.56. The van der Waals surface area contributed by atoms with E-state index in [4.69, 9.17) is 0 Å². The van der Waals surface area contributed by atoms with Crippen molar-refractivity contribution in [2.45, 2.75) is 26.3 Å². The molecule has 0 aliphatic carbocycles. The molecular formula is C18H20N4O. The van der Waals surface area contributed by atoms with Gasteiger partial charge in [0.25, 0.3) is 5.91 Å². The quantitative estimate of drug-likeness (QED) is 0.758. The number of pyridine rings is 1. The number of aromatic nitrogens is 3. The van der Waals surface area contributed by atoms with Crippen molar-refractivity contribution in [3.8, 4) is 0 Å². The second-order valence-corrected chi connectivity index (χ2v) is 5.72. The van der Waals surface area contributed by atoms with Gasteiger partial charge in [-0.15, -0.1) is 0 Å². The molecule has 0 aliphatic heterocycles. The van der Waals surface area contributed by atoms with Crippen molar-refractivity contribution >= 4 is 16.9 Å². The monoisotopic (exact) mass is 308 g/mol. The van der Waals surface area contributed by atoms with Crippen molar-refractivity contribution in [3.63, 3.8) is 0 Å². The maximum absolute atomic E-state index is 12.5. The van der Waals surface area contributed by atoms with Gasteiger partial charge in [-0.05, 0) is 30.2 Å². The number of nitrogens with zero attached hydrogens (tertiary/aromatic N) is 2. The summed E-state index contributed by atoms with van der Waals surface area (Å²) in [5.41, 5.74) is 2.44. The number of carbonyl (C=O) groups is 1. The first-order valence-electron chi connectivity index (χ1n) is 7.84. The molecule has 2 atom stereocenters. The standard InChI is InChI=1S/C18H20N4O/c1-3-12(2)16(22-18(23)13-7-6-10-19-11-13)17-20-14-8-4-5-9-15(14)21-17/h4-12,16H,3H2,1-2H3,(H,20,21)(H,22,23). The molecule has 5 nitrogen and oxygen atoms in total. The Labute approximate surface area is 135 Å². The molecule has 0 saturated heterocycles. The van der Waals surface area contributed by atoms with Crippen molar-refractivity contribution in [3.05, 3.63) is 60.2 Å². The van der Waals surface area contributed by atoms with Crippen LogP contribution in [0, 0.1) is 5.92 Å². The van der Waals surface area contributed by atoms with E-state index in [0.29, 0.717) is 5.56 Å². The summed E-state index contributed by atoms with van der Waals surface area (Å²) in [5.74, 6) is 0.915. The number of benzene rings is 1. The van der Waals surface area contributed by atoms with E-state index in [-0.39, 0.29) is 17.9 Å². The minimum Gasteiger partial charge on any atom is -0.342 e. The summed E-state index contributed by atoms with van der Waals surface area (Å²) in [6.07, 6.45) is 4.17. The third-order valence-corrected chi connectivity index (χ3v) is 4.13. The van der Waals surface area contributed by atoms with Gasteiger partial charge in [-0.2, -0.15) is 0 Å². The summed E-state index contributed by atoms with van der Waals surface area (Å²) < 4.78 is 0. The van der Waals surface area contributed by atoms with Crippen LogP contribution in [0.1, 0.15) is 42.5 Å². The smallest absolute Gasteiger partial charge is 0.253 e. The summed E-state index contributed by atoms with van der Waals surface area (Å²) >= 11 is 0. The number of fused-ring (bicyclic) bond motifs is 1. The molecule has 1 amide bonds. The van der Waals surface area contributed by atoms with E-state index in [0.717, 1.165) is 23.3 Å². The molecular weight excluding hydrogens is 288 g/mol. The summed E-state index contributed by atoms with van der Waals surface area (Å²) in [7, 11) is 0. The van der Waals surface area contributed by atoms with Gasteiger partial charge in [-0.25, -0.2) is 4.98 Å². The molecule has 0 saturated carbocycles. The topological polar surface area (TPSA) is 70.7 Å². The minimum absolute atomic E-state index is 0.135. The van der Waals surface area contributed by atoms with Crippen molar-refractivity contribution in [2.75, 3.05) is 0 Å². The molecule has 3 aromatic rings. The number of nitrogens with one attached hydrogen (secondary N) is 2. The lowest BCUT2D eigenvalue weighted by Gasteiger charge is -2.22. The molecule has 23 heavy (non-hydrogen) atoms. The summed E-state index contributed by atoms with van der Waals surface area (Å²) in [4.78, 5) is 24.4. The zero-order valence-corrected chi connectivity index (χ0v) is 13.3. The summed E-state index contributed by atoms with van der Waals surface area (Å²) in [6.45, 7) is 4.22. The Bertz CT molecular complexity index is 764. The maximum atomic E-state index is 12.5. The highest BCUT2D eigenvalue weighted by Gasteiger charge is 2.24. The van der Waals surface area contributed by atoms with Gasteiger partial charge in [0.05, 0.1) is 22.6 Å². The highest BCUT2D eigenvalue weighted by atomic mass is 16.1. The van der Waals surface area contributed by atoms with Gasteiger partial charge in [0, 0.05) is 12.4 Å². The van der Waals surface area contributed by atoms with Gasteiger partial charge in [-0.1, -0.05) is 32.4 Å². The summed E-state index contributed by atoms with van der Waals surface area (Å²) in [6, 6.07) is 11.2. The lowest BCUT2D eigenvalue weighted by atomic mass is 9.98. The average molecular weight is 308 g/mol. The third-order valence-electron chi connectivity index (χ3n) is 4.13. The van der Waals surface area contributed by atoms with Gasteiger partial charge < -0.3 is 10.3 Å². The number of para-hydroxylation sites is 2. The Morgan fingerprint density at radius 2 is 2.09 bits per heavy atom. The number of hydrogen-bond acceptors (Lipinski definition) is 3. The van der Waals surface area contributed by atoms with Crippen LogP contribution in [-0.4, -0.2) is 20.9 Å². The molecule has 5 heteroatoms. The zero-order chi connectivity index (χ0) is 16.2. The van der Waals surface area contributed by atoms with Crippen molar-refractivity contribution in [2.24, 2.45) is 5.92 Å². The molecule has 3 rings (SSSR count). The lowest BCUT2D eigenvalue weighted by molar-refractivity contribution is 0.0920. The molecule has 0 fully saturated rings. The van der Waals surface area contributed by atoms with Crippen molar-refractivity contribution < 1.29 is 4.79 Å². The predicted molar refractivity (Wildman–Crippen MR) is 90.0 cm³/mol. The molecule has 2 aromatic heterocycles. The Kier molecular flexibility index (Phi) is 4.37. The van der Waals surface area contributed by atoms with E-state index < -0.39 is 0 Å². The highest BCUT2D eigenvalue weighted by molar-refractivity contribution is 5.94. The van der Waals surface area contributed by atoms with Crippen LogP contribution in [0.3, 0.4) is 0 Å². The van der Waals surface area contributed by atoms with Crippen molar-refractivity contribution in [1.82, 2.24) is 20.3 Å². The second kappa shape index (κ2) is 6.60. The van der Waals surface area contributed by atoms with E-state index in [1.54, 1.807) is 24.5 Å². The van der Waals surface area contributed by atoms with Crippen LogP contribution in [0.4, 0.5) is 0 Å². The summed E-state index contributed by atoms with van der Waals surface area (Å²) in [5, 5.41) is 3.09. The Morgan fingerprint density at radius 3 is 2.78 bits per heavy atom. The van der Waals surface area contributed by atoms with E-state index in [1.807, 2.05) is 24.3 Å². The normalized spacial score (nSPS) is 13.7. The number of carbonyl (C=O) groups excluding carboxylic acids is 1. The molecule has 0 radical (unpaired) electrons. The van der Waals surface area contributed by atoms with Gasteiger partial charge in [0.2, 0.25) is 0 Å². The van der Waals surface area contributed by atoms with Crippen LogP contribution < -0.4 is 5.32 Å². The number of aromatic amines is 1. The largest absolute Gasteiger partial charge is 0.342 e. The maximum Gasteiger partial charge on any atom is 0.253 e. The van der Waals surface area contributed by atoms with Gasteiger partial charge in [0.1, 0.15) is 5.82 Å². The van der Waals surface area contributed by atoms with Crippen LogP contribution in [-0.2, 0) is 0 Å². The number of H-pyrrole nitrogens is 1. The molecule has 0 bridgehead atoms. The lowest BCUT2D eigenvalue weighted by Crippen LogP contribution is -2.33. The molecule has 2 unspecified atom stereocenters. The van der Waals surface area contributed by atoms with Gasteiger partial charge >= 0.3 is 0 Å². The van der Waals surface area contributed by atoms with Crippen LogP contribution in [0.5, 0.6) is 0 Å². The molecule has 2 N–H and O–H groups in total. The van der Waals surface area contributed by atoms with Crippen LogP contribution >= 0.6 is 0 Å². The Balaban J connectivity index is 1.90. The van der Waals surface area contributed by atoms with Crippen LogP contribution in [0.15, 0.2) is 48.8 Å². The van der Waals surface area contributed by atoms with Crippen molar-refractivity contribution in [1.29, 1.82) is 0 Å². The van der Waals surface area contributed by atoms with E-state index in [9.17, 15) is 4.79 Å². The van der Waals surface area contributed by atoms with Gasteiger partial charge in [0.15, 0.2) is 0 Å². The Morgan fingerprint density at radius 1 is 1.26 bits per heavy atom. The zero-order valence-electron chi connectivity index (χ0n) is 13.3. The van der Waals surface area contributed by atoms with Crippen LogP contribution in [0.25, 0.3) is 11.0 Å².